The first-order valence-corrected chi connectivity index (χ1v) is 11.3. The summed E-state index contributed by atoms with van der Waals surface area (Å²) in [5.41, 5.74) is 3.09. The van der Waals surface area contributed by atoms with Crippen molar-refractivity contribution in [3.63, 3.8) is 0 Å². The van der Waals surface area contributed by atoms with E-state index in [2.05, 4.69) is 34.3 Å². The van der Waals surface area contributed by atoms with Crippen molar-refractivity contribution in [2.75, 3.05) is 6.61 Å². The lowest BCUT2D eigenvalue weighted by atomic mass is 9.98. The standard InChI is InChI=1S/C25H24BrN3O3/c1-25(2)14-32-22(16-8-6-5-7-9-16)21-20-18(23(30)28(4)24(31)27(20)3)19(29(21)25)15-10-12-17(26)13-11-15/h5-13,22H,14H2,1-4H3/t22-/m1/s1. The Labute approximate surface area is 193 Å². The van der Waals surface area contributed by atoms with Crippen LogP contribution in [0.5, 0.6) is 0 Å². The van der Waals surface area contributed by atoms with Crippen LogP contribution in [0.1, 0.15) is 31.2 Å². The van der Waals surface area contributed by atoms with E-state index in [-0.39, 0.29) is 11.2 Å². The van der Waals surface area contributed by atoms with Crippen molar-refractivity contribution in [1.29, 1.82) is 0 Å². The number of halogens is 1. The number of nitrogens with zero attached hydrogens (tertiary/aromatic N) is 3. The van der Waals surface area contributed by atoms with Crippen LogP contribution >= 0.6 is 15.9 Å². The lowest BCUT2D eigenvalue weighted by Gasteiger charge is -2.39. The summed E-state index contributed by atoms with van der Waals surface area (Å²) in [5, 5.41) is 0.534. The Kier molecular flexibility index (Phi) is 4.80. The summed E-state index contributed by atoms with van der Waals surface area (Å²) in [6, 6.07) is 17.9. The number of ether oxygens (including phenoxy) is 1. The highest BCUT2D eigenvalue weighted by Gasteiger charge is 2.40. The van der Waals surface area contributed by atoms with Crippen LogP contribution < -0.4 is 11.2 Å². The summed E-state index contributed by atoms with van der Waals surface area (Å²) in [6.45, 7) is 4.67. The van der Waals surface area contributed by atoms with E-state index < -0.39 is 11.6 Å². The Morgan fingerprint density at radius 3 is 2.28 bits per heavy atom. The first-order valence-electron chi connectivity index (χ1n) is 10.5. The summed E-state index contributed by atoms with van der Waals surface area (Å²) in [7, 11) is 3.25. The maximum atomic E-state index is 13.5. The van der Waals surface area contributed by atoms with Crippen LogP contribution in [0, 0.1) is 0 Å². The lowest BCUT2D eigenvalue weighted by molar-refractivity contribution is -0.00707. The summed E-state index contributed by atoms with van der Waals surface area (Å²) in [5.74, 6) is 0. The maximum Gasteiger partial charge on any atom is 0.331 e. The summed E-state index contributed by atoms with van der Waals surface area (Å²) >= 11 is 3.51. The van der Waals surface area contributed by atoms with Crippen LogP contribution in [0.25, 0.3) is 22.2 Å². The van der Waals surface area contributed by atoms with E-state index in [1.54, 1.807) is 11.6 Å². The first kappa shape index (κ1) is 21.0. The average Bonchev–Trinajstić information content (AvgIpc) is 3.15. The van der Waals surface area contributed by atoms with Crippen LogP contribution in [-0.4, -0.2) is 20.3 Å². The molecule has 164 valence electrons. The summed E-state index contributed by atoms with van der Waals surface area (Å²) in [4.78, 5) is 26.5. The molecule has 0 unspecified atom stereocenters. The zero-order chi connectivity index (χ0) is 22.8. The molecule has 0 radical (unpaired) electrons. The van der Waals surface area contributed by atoms with E-state index in [1.807, 2.05) is 54.6 Å². The third kappa shape index (κ3) is 2.95. The monoisotopic (exact) mass is 493 g/mol. The molecule has 32 heavy (non-hydrogen) atoms. The van der Waals surface area contributed by atoms with Crippen LogP contribution in [-0.2, 0) is 24.4 Å². The van der Waals surface area contributed by atoms with E-state index in [1.165, 1.54) is 11.6 Å². The molecule has 0 fully saturated rings. The quantitative estimate of drug-likeness (QED) is 0.417. The van der Waals surface area contributed by atoms with Gasteiger partial charge in [-0.25, -0.2) is 4.79 Å². The second kappa shape index (κ2) is 7.32. The number of aryl methyl sites for hydroxylation is 1. The molecule has 1 aliphatic rings. The molecule has 0 N–H and O–H groups in total. The predicted molar refractivity (Wildman–Crippen MR) is 129 cm³/mol. The lowest BCUT2D eigenvalue weighted by Crippen LogP contribution is -2.40. The molecule has 6 nitrogen and oxygen atoms in total. The van der Waals surface area contributed by atoms with Gasteiger partial charge in [-0.3, -0.25) is 13.9 Å². The van der Waals surface area contributed by atoms with Gasteiger partial charge in [0.25, 0.3) is 5.56 Å². The third-order valence-corrected chi connectivity index (χ3v) is 6.81. The molecule has 0 aliphatic carbocycles. The van der Waals surface area contributed by atoms with Gasteiger partial charge in [0.15, 0.2) is 0 Å². The molecule has 7 heteroatoms. The smallest absolute Gasteiger partial charge is 0.331 e. The van der Waals surface area contributed by atoms with Crippen LogP contribution in [0.3, 0.4) is 0 Å². The molecule has 1 aliphatic heterocycles. The number of hydrogen-bond donors (Lipinski definition) is 0. The average molecular weight is 494 g/mol. The minimum absolute atomic E-state index is 0.300. The Morgan fingerprint density at radius 1 is 0.969 bits per heavy atom. The molecule has 0 saturated heterocycles. The van der Waals surface area contributed by atoms with E-state index in [0.717, 1.165) is 27.0 Å². The van der Waals surface area contributed by atoms with Gasteiger partial charge in [-0.1, -0.05) is 58.4 Å². The molecule has 0 bridgehead atoms. The van der Waals surface area contributed by atoms with Crippen molar-refractivity contribution in [3.8, 4) is 11.3 Å². The van der Waals surface area contributed by atoms with Gasteiger partial charge in [0.05, 0.1) is 34.4 Å². The van der Waals surface area contributed by atoms with Gasteiger partial charge in [0, 0.05) is 18.6 Å². The zero-order valence-electron chi connectivity index (χ0n) is 18.4. The zero-order valence-corrected chi connectivity index (χ0v) is 20.0. The van der Waals surface area contributed by atoms with E-state index in [9.17, 15) is 9.59 Å². The fourth-order valence-electron chi connectivity index (χ4n) is 4.76. The highest BCUT2D eigenvalue weighted by Crippen LogP contribution is 2.45. The second-order valence-electron chi connectivity index (χ2n) is 8.92. The molecule has 5 rings (SSSR count). The van der Waals surface area contributed by atoms with E-state index >= 15 is 0 Å². The van der Waals surface area contributed by atoms with Gasteiger partial charge >= 0.3 is 5.69 Å². The number of benzene rings is 2. The molecular weight excluding hydrogens is 470 g/mol. The topological polar surface area (TPSA) is 58.2 Å². The summed E-state index contributed by atoms with van der Waals surface area (Å²) < 4.78 is 12.3. The molecule has 2 aromatic carbocycles. The fraction of sp³-hybridized carbons (Fsp3) is 0.280. The van der Waals surface area contributed by atoms with Crippen molar-refractivity contribution < 1.29 is 4.74 Å². The third-order valence-electron chi connectivity index (χ3n) is 6.29. The number of rotatable bonds is 2. The largest absolute Gasteiger partial charge is 0.365 e. The number of hydrogen-bond acceptors (Lipinski definition) is 3. The van der Waals surface area contributed by atoms with Crippen molar-refractivity contribution >= 4 is 26.8 Å². The van der Waals surface area contributed by atoms with Crippen LogP contribution in [0.15, 0.2) is 68.7 Å². The highest BCUT2D eigenvalue weighted by atomic mass is 79.9. The van der Waals surface area contributed by atoms with Gasteiger partial charge < -0.3 is 9.30 Å². The predicted octanol–water partition coefficient (Wildman–Crippen LogP) is 4.32. The minimum Gasteiger partial charge on any atom is -0.365 e. The van der Waals surface area contributed by atoms with Gasteiger partial charge in [0.2, 0.25) is 0 Å². The van der Waals surface area contributed by atoms with Crippen LogP contribution in [0.4, 0.5) is 0 Å². The van der Waals surface area contributed by atoms with Crippen molar-refractivity contribution in [2.45, 2.75) is 25.5 Å². The maximum absolute atomic E-state index is 13.5. The molecule has 1 atom stereocenters. The Hall–Kier alpha value is -2.90. The van der Waals surface area contributed by atoms with Crippen molar-refractivity contribution in [3.05, 3.63) is 91.2 Å². The highest BCUT2D eigenvalue weighted by molar-refractivity contribution is 9.10. The van der Waals surface area contributed by atoms with Gasteiger partial charge in [-0.2, -0.15) is 0 Å². The SMILES string of the molecule is Cn1c(=O)c2c(-c3ccc(Br)cc3)n3c(c2n(C)c1=O)[C@@H](c1ccccc1)OCC3(C)C. The van der Waals surface area contributed by atoms with Crippen molar-refractivity contribution in [1.82, 2.24) is 13.7 Å². The van der Waals surface area contributed by atoms with E-state index in [0.29, 0.717) is 17.5 Å². The Balaban J connectivity index is 2.02. The molecule has 0 amide bonds. The number of aromatic nitrogens is 3. The molecular formula is C25H24BrN3O3. The van der Waals surface area contributed by atoms with Gasteiger partial charge in [-0.05, 0) is 37.1 Å². The minimum atomic E-state index is -0.427. The van der Waals surface area contributed by atoms with Gasteiger partial charge in [-0.15, -0.1) is 0 Å². The van der Waals surface area contributed by atoms with Crippen LogP contribution in [0.2, 0.25) is 0 Å². The normalized spacial score (nSPS) is 17.5. The fourth-order valence-corrected chi connectivity index (χ4v) is 5.02. The molecule has 3 heterocycles. The van der Waals surface area contributed by atoms with Crippen molar-refractivity contribution in [2.24, 2.45) is 14.1 Å². The summed E-state index contributed by atoms with van der Waals surface area (Å²) in [6.07, 6.45) is -0.395. The molecule has 0 saturated carbocycles. The molecule has 2 aromatic heterocycles. The Bertz CT molecular complexity index is 1460. The number of fused-ring (bicyclic) bond motifs is 3. The molecule has 0 spiro atoms. The Morgan fingerprint density at radius 2 is 1.62 bits per heavy atom. The van der Waals surface area contributed by atoms with Gasteiger partial charge in [0.1, 0.15) is 6.10 Å². The second-order valence-corrected chi connectivity index (χ2v) is 9.84. The molecule has 4 aromatic rings. The first-order chi connectivity index (χ1) is 15.2. The van der Waals surface area contributed by atoms with E-state index in [4.69, 9.17) is 4.74 Å².